The molecule has 1 heterocycles. The molecule has 0 aromatic heterocycles. The van der Waals surface area contributed by atoms with Crippen LogP contribution in [0.4, 0.5) is 13.2 Å². The number of halogens is 3. The average Bonchev–Trinajstić information content (AvgIpc) is 3.27. The molecule has 2 aromatic rings. The van der Waals surface area contributed by atoms with E-state index in [1.807, 2.05) is 6.07 Å². The first-order valence-corrected chi connectivity index (χ1v) is 12.7. The molecule has 3 rings (SSSR count). The van der Waals surface area contributed by atoms with E-state index in [1.54, 1.807) is 31.2 Å². The van der Waals surface area contributed by atoms with E-state index in [0.29, 0.717) is 6.07 Å². The third-order valence-corrected chi connectivity index (χ3v) is 6.81. The highest BCUT2D eigenvalue weighted by Crippen LogP contribution is 2.26. The Balaban J connectivity index is 1.70. The molecule has 1 fully saturated rings. The van der Waals surface area contributed by atoms with Crippen LogP contribution in [0.5, 0.6) is 0 Å². The summed E-state index contributed by atoms with van der Waals surface area (Å²) in [6.07, 6.45) is -0.586. The number of rotatable bonds is 12. The summed E-state index contributed by atoms with van der Waals surface area (Å²) in [7, 11) is 2.55. The van der Waals surface area contributed by atoms with E-state index in [-0.39, 0.29) is 31.2 Å². The van der Waals surface area contributed by atoms with Crippen molar-refractivity contribution in [1.82, 2.24) is 15.5 Å². The Morgan fingerprint density at radius 1 is 1.07 bits per heavy atom. The molecular formula is C28H32F3N3O6. The van der Waals surface area contributed by atoms with E-state index in [9.17, 15) is 32.3 Å². The van der Waals surface area contributed by atoms with E-state index >= 15 is 0 Å². The number of amides is 3. The summed E-state index contributed by atoms with van der Waals surface area (Å²) >= 11 is 0. The number of likely N-dealkylation sites (tertiary alicyclic amines) is 1. The lowest BCUT2D eigenvalue weighted by molar-refractivity contribution is -0.146. The number of carbonyl (C=O) groups is 4. The summed E-state index contributed by atoms with van der Waals surface area (Å²) in [5.74, 6) is -6.02. The highest BCUT2D eigenvalue weighted by Gasteiger charge is 2.36. The molecule has 0 spiro atoms. The van der Waals surface area contributed by atoms with Gasteiger partial charge in [0, 0.05) is 50.6 Å². The lowest BCUT2D eigenvalue weighted by Crippen LogP contribution is -2.57. The molecule has 4 atom stereocenters. The minimum atomic E-state index is -1.38. The quantitative estimate of drug-likeness (QED) is 0.303. The number of benzene rings is 2. The van der Waals surface area contributed by atoms with Gasteiger partial charge < -0.3 is 25.0 Å². The number of methoxy groups -OCH3 is 2. The maximum absolute atomic E-state index is 14.2. The molecule has 1 aliphatic heterocycles. The van der Waals surface area contributed by atoms with E-state index in [4.69, 9.17) is 9.47 Å². The van der Waals surface area contributed by atoms with Gasteiger partial charge in [0.1, 0.15) is 17.9 Å². The molecule has 0 saturated carbocycles. The van der Waals surface area contributed by atoms with Gasteiger partial charge in [0.05, 0.1) is 13.2 Å². The summed E-state index contributed by atoms with van der Waals surface area (Å²) in [5.41, 5.74) is 0.426. The van der Waals surface area contributed by atoms with Crippen LogP contribution in [0.3, 0.4) is 0 Å². The minimum absolute atomic E-state index is 0.0655. The molecule has 0 radical (unpaired) electrons. The van der Waals surface area contributed by atoms with E-state index in [0.717, 1.165) is 11.6 Å². The molecule has 1 saturated heterocycles. The van der Waals surface area contributed by atoms with Crippen molar-refractivity contribution in [3.63, 3.8) is 0 Å². The van der Waals surface area contributed by atoms with E-state index < -0.39 is 71.9 Å². The highest BCUT2D eigenvalue weighted by molar-refractivity contribution is 5.91. The second-order valence-corrected chi connectivity index (χ2v) is 9.54. The van der Waals surface area contributed by atoms with Gasteiger partial charge in [0.25, 0.3) is 0 Å². The number of ether oxygens (including phenoxy) is 2. The third-order valence-electron chi connectivity index (χ3n) is 6.81. The fourth-order valence-corrected chi connectivity index (χ4v) is 4.56. The standard InChI is InChI=1S/C28H32F3N3O6/c1-16(39-2)26(27(37)32-22(28(38)40-3)11-17-7-5-4-6-8-17)33-23(35)14-20-9-10-24(36)34(20)15-18-12-19(29)13-21(30)25(18)31/h4-8,12-13,16,20,22,26H,9-11,14-15H2,1-3H3,(H,32,37)(H,33,35)/t16-,20+,22+,26+/m1/s1. The molecule has 12 heteroatoms. The molecule has 216 valence electrons. The summed E-state index contributed by atoms with van der Waals surface area (Å²) < 4.78 is 51.6. The minimum Gasteiger partial charge on any atom is -0.467 e. The molecule has 1 aliphatic rings. The van der Waals surface area contributed by atoms with Gasteiger partial charge in [-0.15, -0.1) is 0 Å². The first-order valence-electron chi connectivity index (χ1n) is 12.7. The Hall–Kier alpha value is -3.93. The van der Waals surface area contributed by atoms with Gasteiger partial charge >= 0.3 is 5.97 Å². The van der Waals surface area contributed by atoms with E-state index in [2.05, 4.69) is 10.6 Å². The smallest absolute Gasteiger partial charge is 0.328 e. The zero-order valence-corrected chi connectivity index (χ0v) is 22.4. The first kappa shape index (κ1) is 30.6. The van der Waals surface area contributed by atoms with Gasteiger partial charge in [-0.25, -0.2) is 18.0 Å². The van der Waals surface area contributed by atoms with Gasteiger partial charge in [0.15, 0.2) is 11.6 Å². The molecule has 0 unspecified atom stereocenters. The number of nitrogens with zero attached hydrogens (tertiary/aromatic N) is 1. The van der Waals surface area contributed by atoms with Crippen molar-refractivity contribution in [2.75, 3.05) is 14.2 Å². The van der Waals surface area contributed by atoms with Crippen molar-refractivity contribution in [1.29, 1.82) is 0 Å². The van der Waals surface area contributed by atoms with Crippen molar-refractivity contribution in [2.24, 2.45) is 0 Å². The summed E-state index contributed by atoms with van der Waals surface area (Å²) in [4.78, 5) is 52.2. The van der Waals surface area contributed by atoms with Crippen LogP contribution < -0.4 is 10.6 Å². The topological polar surface area (TPSA) is 114 Å². The lowest BCUT2D eigenvalue weighted by Gasteiger charge is -2.28. The van der Waals surface area contributed by atoms with Crippen molar-refractivity contribution < 1.29 is 41.8 Å². The van der Waals surface area contributed by atoms with Gasteiger partial charge in [0.2, 0.25) is 17.7 Å². The Kier molecular flexibility index (Phi) is 10.7. The number of hydrogen-bond acceptors (Lipinski definition) is 6. The number of esters is 1. The summed E-state index contributed by atoms with van der Waals surface area (Å²) in [5, 5.41) is 5.20. The second-order valence-electron chi connectivity index (χ2n) is 9.54. The monoisotopic (exact) mass is 563 g/mol. The fourth-order valence-electron chi connectivity index (χ4n) is 4.56. The Morgan fingerprint density at radius 2 is 1.77 bits per heavy atom. The average molecular weight is 564 g/mol. The summed E-state index contributed by atoms with van der Waals surface area (Å²) in [6, 6.07) is 7.24. The molecular weight excluding hydrogens is 531 g/mol. The maximum atomic E-state index is 14.2. The van der Waals surface area contributed by atoms with Gasteiger partial charge in [-0.1, -0.05) is 30.3 Å². The molecule has 2 N–H and O–H groups in total. The van der Waals surface area contributed by atoms with E-state index in [1.165, 1.54) is 19.1 Å². The van der Waals surface area contributed by atoms with Crippen LogP contribution in [-0.2, 0) is 41.6 Å². The van der Waals surface area contributed by atoms with Gasteiger partial charge in [-0.3, -0.25) is 14.4 Å². The second kappa shape index (κ2) is 13.9. The Bertz CT molecular complexity index is 1230. The predicted octanol–water partition coefficient (Wildman–Crippen LogP) is 2.41. The normalized spacial score (nSPS) is 17.2. The Labute approximate surface area is 230 Å². The lowest BCUT2D eigenvalue weighted by atomic mass is 10.0. The van der Waals surface area contributed by atoms with Crippen LogP contribution >= 0.6 is 0 Å². The molecule has 2 aromatic carbocycles. The predicted molar refractivity (Wildman–Crippen MR) is 137 cm³/mol. The zero-order valence-electron chi connectivity index (χ0n) is 22.4. The first-order chi connectivity index (χ1) is 19.0. The number of hydrogen-bond donors (Lipinski definition) is 2. The van der Waals surface area contributed by atoms with Crippen LogP contribution in [0.2, 0.25) is 0 Å². The molecule has 3 amide bonds. The molecule has 0 aliphatic carbocycles. The highest BCUT2D eigenvalue weighted by atomic mass is 19.2. The molecule has 9 nitrogen and oxygen atoms in total. The third kappa shape index (κ3) is 7.81. The maximum Gasteiger partial charge on any atom is 0.328 e. The zero-order chi connectivity index (χ0) is 29.4. The van der Waals surface area contributed by atoms with Crippen molar-refractivity contribution in [3.8, 4) is 0 Å². The largest absolute Gasteiger partial charge is 0.467 e. The van der Waals surface area contributed by atoms with Gasteiger partial charge in [-0.2, -0.15) is 0 Å². The fraction of sp³-hybridized carbons (Fsp3) is 0.429. The SMILES string of the molecule is COC(=O)[C@H](Cc1ccccc1)NC(=O)[C@@H](NC(=O)C[C@@H]1CCC(=O)N1Cc1cc(F)cc(F)c1F)[C@@H](C)OC. The molecule has 40 heavy (non-hydrogen) atoms. The van der Waals surface area contributed by atoms with Crippen LogP contribution in [0.1, 0.15) is 37.3 Å². The number of nitrogens with one attached hydrogen (secondary N) is 2. The van der Waals surface area contributed by atoms with Crippen LogP contribution in [-0.4, -0.2) is 67.0 Å². The molecule has 0 bridgehead atoms. The van der Waals surface area contributed by atoms with Crippen molar-refractivity contribution in [2.45, 2.75) is 63.4 Å². The van der Waals surface area contributed by atoms with Crippen LogP contribution in [0, 0.1) is 17.5 Å². The van der Waals surface area contributed by atoms with Crippen LogP contribution in [0.15, 0.2) is 42.5 Å². The number of carbonyl (C=O) groups excluding carboxylic acids is 4. The summed E-state index contributed by atoms with van der Waals surface area (Å²) in [6.45, 7) is 1.14. The van der Waals surface area contributed by atoms with Crippen molar-refractivity contribution >= 4 is 23.7 Å². The van der Waals surface area contributed by atoms with Crippen LogP contribution in [0.25, 0.3) is 0 Å². The Morgan fingerprint density at radius 3 is 2.42 bits per heavy atom. The van der Waals surface area contributed by atoms with Crippen molar-refractivity contribution in [3.05, 3.63) is 71.0 Å². The van der Waals surface area contributed by atoms with Gasteiger partial charge in [-0.05, 0) is 25.0 Å².